The smallest absolute Gasteiger partial charge is 0.120 e. The van der Waals surface area contributed by atoms with Crippen molar-refractivity contribution in [1.82, 2.24) is 4.90 Å². The molecule has 16 heavy (non-hydrogen) atoms. The molecule has 1 radical (unpaired) electrons. The second kappa shape index (κ2) is 5.39. The molecule has 3 heteroatoms. The lowest BCUT2D eigenvalue weighted by Crippen LogP contribution is -2.24. The van der Waals surface area contributed by atoms with Gasteiger partial charge < -0.3 is 10.5 Å². The molecule has 0 spiro atoms. The lowest BCUT2D eigenvalue weighted by molar-refractivity contribution is 0.175. The third kappa shape index (κ3) is 2.79. The monoisotopic (exact) mass is 221 g/mol. The van der Waals surface area contributed by atoms with Gasteiger partial charge >= 0.3 is 0 Å². The lowest BCUT2D eigenvalue weighted by atomic mass is 10.0. The van der Waals surface area contributed by atoms with Crippen LogP contribution in [0.2, 0.25) is 0 Å². The molecule has 1 heterocycles. The summed E-state index contributed by atoms with van der Waals surface area (Å²) in [6.45, 7) is 6.29. The number of likely N-dealkylation sites (tertiary alicyclic amines) is 1. The van der Waals surface area contributed by atoms with Crippen LogP contribution in [0.5, 0.6) is 0 Å². The van der Waals surface area contributed by atoms with Gasteiger partial charge in [-0.25, -0.2) is 0 Å². The maximum atomic E-state index is 5.86. The predicted molar refractivity (Wildman–Crippen MR) is 65.5 cm³/mol. The lowest BCUT2D eigenvalue weighted by Gasteiger charge is -2.19. The molecule has 3 nitrogen and oxygen atoms in total. The summed E-state index contributed by atoms with van der Waals surface area (Å²) < 4.78 is 5.79. The third-order valence-corrected chi connectivity index (χ3v) is 3.31. The van der Waals surface area contributed by atoms with Crippen LogP contribution < -0.4 is 5.73 Å². The van der Waals surface area contributed by atoms with Crippen molar-refractivity contribution >= 4 is 0 Å². The molecule has 89 valence electrons. The van der Waals surface area contributed by atoms with E-state index in [1.807, 2.05) is 13.3 Å². The van der Waals surface area contributed by atoms with E-state index in [0.717, 1.165) is 36.6 Å². The van der Waals surface area contributed by atoms with Gasteiger partial charge in [-0.15, -0.1) is 0 Å². The fraction of sp³-hybridized carbons (Fsp3) is 0.615. The molecule has 2 aliphatic rings. The first-order valence-electron chi connectivity index (χ1n) is 6.12. The van der Waals surface area contributed by atoms with Gasteiger partial charge in [-0.2, -0.15) is 0 Å². The van der Waals surface area contributed by atoms with Crippen LogP contribution in [-0.2, 0) is 4.74 Å². The Kier molecular flexibility index (Phi) is 3.88. The maximum absolute atomic E-state index is 5.86. The first kappa shape index (κ1) is 11.5. The zero-order valence-corrected chi connectivity index (χ0v) is 10.0. The molecule has 0 amide bonds. The molecule has 0 unspecified atom stereocenters. The highest BCUT2D eigenvalue weighted by Crippen LogP contribution is 2.21. The van der Waals surface area contributed by atoms with Crippen LogP contribution in [0, 0.1) is 6.42 Å². The highest BCUT2D eigenvalue weighted by Gasteiger charge is 2.13. The van der Waals surface area contributed by atoms with E-state index in [4.69, 9.17) is 10.5 Å². The summed E-state index contributed by atoms with van der Waals surface area (Å²) in [5.41, 5.74) is 7.79. The Labute approximate surface area is 97.9 Å². The van der Waals surface area contributed by atoms with E-state index in [0.29, 0.717) is 0 Å². The van der Waals surface area contributed by atoms with Crippen LogP contribution in [0.1, 0.15) is 26.2 Å². The summed E-state index contributed by atoms with van der Waals surface area (Å²) >= 11 is 0. The SMILES string of the molecule is CC1=C(N)[CH]CC=C1OCCN1CCCC1. The van der Waals surface area contributed by atoms with Crippen molar-refractivity contribution in [3.63, 3.8) is 0 Å². The van der Waals surface area contributed by atoms with E-state index >= 15 is 0 Å². The summed E-state index contributed by atoms with van der Waals surface area (Å²) in [4.78, 5) is 2.46. The van der Waals surface area contributed by atoms with Crippen molar-refractivity contribution in [2.75, 3.05) is 26.2 Å². The Morgan fingerprint density at radius 1 is 1.38 bits per heavy atom. The summed E-state index contributed by atoms with van der Waals surface area (Å²) in [5, 5.41) is 0. The molecular formula is C13H21N2O. The van der Waals surface area contributed by atoms with E-state index in [1.165, 1.54) is 25.9 Å². The molecule has 1 aliphatic carbocycles. The maximum Gasteiger partial charge on any atom is 0.120 e. The normalized spacial score (nSPS) is 22.4. The molecule has 0 bridgehead atoms. The van der Waals surface area contributed by atoms with Crippen LogP contribution in [-0.4, -0.2) is 31.1 Å². The number of hydrogen-bond acceptors (Lipinski definition) is 3. The van der Waals surface area contributed by atoms with Gasteiger partial charge in [0.1, 0.15) is 12.4 Å². The van der Waals surface area contributed by atoms with Crippen molar-refractivity contribution in [3.05, 3.63) is 29.5 Å². The first-order valence-corrected chi connectivity index (χ1v) is 6.12. The second-order valence-electron chi connectivity index (χ2n) is 4.49. The molecule has 0 aromatic heterocycles. The number of nitrogens with two attached hydrogens (primary N) is 1. The van der Waals surface area contributed by atoms with E-state index in [1.54, 1.807) is 0 Å². The quantitative estimate of drug-likeness (QED) is 0.787. The van der Waals surface area contributed by atoms with Crippen molar-refractivity contribution in [1.29, 1.82) is 0 Å². The highest BCUT2D eigenvalue weighted by atomic mass is 16.5. The highest BCUT2D eigenvalue weighted by molar-refractivity contribution is 5.36. The van der Waals surface area contributed by atoms with Crippen molar-refractivity contribution in [2.24, 2.45) is 5.73 Å². The van der Waals surface area contributed by atoms with Gasteiger partial charge in [0.25, 0.3) is 0 Å². The molecule has 1 aliphatic heterocycles. The summed E-state index contributed by atoms with van der Waals surface area (Å²) in [6.07, 6.45) is 7.70. The van der Waals surface area contributed by atoms with Crippen LogP contribution in [0.3, 0.4) is 0 Å². The fourth-order valence-electron chi connectivity index (χ4n) is 2.20. The fourth-order valence-corrected chi connectivity index (χ4v) is 2.20. The van der Waals surface area contributed by atoms with Crippen LogP contribution in [0.4, 0.5) is 0 Å². The Bertz CT molecular complexity index is 301. The van der Waals surface area contributed by atoms with Gasteiger partial charge in [0, 0.05) is 24.2 Å². The van der Waals surface area contributed by atoms with Crippen molar-refractivity contribution in [3.8, 4) is 0 Å². The topological polar surface area (TPSA) is 38.5 Å². The number of hydrogen-bond donors (Lipinski definition) is 1. The van der Waals surface area contributed by atoms with E-state index < -0.39 is 0 Å². The average Bonchev–Trinajstić information content (AvgIpc) is 2.77. The molecule has 2 N–H and O–H groups in total. The van der Waals surface area contributed by atoms with Crippen LogP contribution >= 0.6 is 0 Å². The van der Waals surface area contributed by atoms with Crippen LogP contribution in [0.25, 0.3) is 0 Å². The molecule has 1 saturated heterocycles. The minimum atomic E-state index is 0.774. The van der Waals surface area contributed by atoms with E-state index in [2.05, 4.69) is 11.0 Å². The second-order valence-corrected chi connectivity index (χ2v) is 4.49. The van der Waals surface area contributed by atoms with Crippen molar-refractivity contribution < 1.29 is 4.74 Å². The zero-order valence-electron chi connectivity index (χ0n) is 10.0. The predicted octanol–water partition coefficient (Wildman–Crippen LogP) is 1.82. The largest absolute Gasteiger partial charge is 0.492 e. The first-order chi connectivity index (χ1) is 7.77. The van der Waals surface area contributed by atoms with Gasteiger partial charge in [-0.1, -0.05) is 0 Å². The Hall–Kier alpha value is -0.960. The molecule has 1 fully saturated rings. The van der Waals surface area contributed by atoms with Gasteiger partial charge in [0.15, 0.2) is 0 Å². The van der Waals surface area contributed by atoms with E-state index in [-0.39, 0.29) is 0 Å². The minimum Gasteiger partial charge on any atom is -0.492 e. The van der Waals surface area contributed by atoms with Crippen molar-refractivity contribution in [2.45, 2.75) is 26.2 Å². The summed E-state index contributed by atoms with van der Waals surface area (Å²) in [7, 11) is 0. The number of allylic oxidation sites excluding steroid dienone is 3. The minimum absolute atomic E-state index is 0.774. The molecule has 2 rings (SSSR count). The van der Waals surface area contributed by atoms with Crippen LogP contribution in [0.15, 0.2) is 23.1 Å². The standard InChI is InChI=1S/C13H21N2O/c1-11-12(14)5-4-6-13(11)16-10-9-15-7-2-3-8-15/h5-6H,2-4,7-10,14H2,1H3. The third-order valence-electron chi connectivity index (χ3n) is 3.31. The van der Waals surface area contributed by atoms with Gasteiger partial charge in [-0.05, 0) is 45.4 Å². The average molecular weight is 221 g/mol. The Morgan fingerprint density at radius 3 is 2.88 bits per heavy atom. The number of ether oxygens (including phenoxy) is 1. The molecular weight excluding hydrogens is 200 g/mol. The van der Waals surface area contributed by atoms with Gasteiger partial charge in [0.2, 0.25) is 0 Å². The van der Waals surface area contributed by atoms with Gasteiger partial charge in [0.05, 0.1) is 0 Å². The summed E-state index contributed by atoms with van der Waals surface area (Å²) in [6, 6.07) is 0. The Morgan fingerprint density at radius 2 is 2.12 bits per heavy atom. The Balaban J connectivity index is 1.75. The number of nitrogens with zero attached hydrogens (tertiary/aromatic N) is 1. The molecule has 0 atom stereocenters. The molecule has 0 saturated carbocycles. The van der Waals surface area contributed by atoms with Gasteiger partial charge in [-0.3, -0.25) is 4.90 Å². The zero-order chi connectivity index (χ0) is 11.4. The molecule has 0 aromatic carbocycles. The van der Waals surface area contributed by atoms with E-state index in [9.17, 15) is 0 Å². The number of rotatable bonds is 4. The molecule has 0 aromatic rings. The summed E-state index contributed by atoms with van der Waals surface area (Å²) in [5.74, 6) is 0.971.